The summed E-state index contributed by atoms with van der Waals surface area (Å²) in [6, 6.07) is 7.08. The molecular weight excluding hydrogens is 898 g/mol. The zero-order valence-corrected chi connectivity index (χ0v) is 37.3. The fraction of sp³-hybridized carbons (Fsp3) is 0.526. The van der Waals surface area contributed by atoms with E-state index >= 15 is 0 Å². The molecule has 0 aliphatic carbocycles. The maximum atomic E-state index is 12.3. The molecule has 0 amide bonds. The standard InChI is InChI=1S/C19H26ClN3O5.C18H24ClN3O5.CH3I/c1-19(2,3)23-18(24)17(20)15(12-22-23)28-13-14-5-6-16(21-11-14)27-10-9-26-8-7-25-4;1-18(2,3)22-17(24)16(19)14(11-21-22)27-12-13-4-5-15(20-10-13)26-9-8-25-7-6-23;1-2/h5-6,11-12H,7-10,13H2,1-4H3;4-5,10-11,23H,6-9,12H2,1-3H3;1H3. The highest BCUT2D eigenvalue weighted by Crippen LogP contribution is 2.23. The molecule has 4 aromatic rings. The van der Waals surface area contributed by atoms with Gasteiger partial charge in [-0.25, -0.2) is 19.3 Å². The number of aliphatic hydroxyl groups excluding tert-OH is 1. The van der Waals surface area contributed by atoms with Gasteiger partial charge < -0.3 is 38.3 Å². The zero-order chi connectivity index (χ0) is 42.4. The number of aromatic nitrogens is 6. The Labute approximate surface area is 356 Å². The quantitative estimate of drug-likeness (QED) is 0.0684. The Bertz CT molecular complexity index is 1870. The molecule has 0 aliphatic rings. The van der Waals surface area contributed by atoms with Gasteiger partial charge in [-0.2, -0.15) is 10.2 Å². The molecule has 57 heavy (non-hydrogen) atoms. The lowest BCUT2D eigenvalue weighted by Gasteiger charge is -2.21. The summed E-state index contributed by atoms with van der Waals surface area (Å²) in [5.41, 5.74) is -0.126. The van der Waals surface area contributed by atoms with Gasteiger partial charge in [0.1, 0.15) is 26.4 Å². The molecule has 19 heteroatoms. The minimum absolute atomic E-state index is 0.00397. The van der Waals surface area contributed by atoms with Crippen LogP contribution < -0.4 is 30.1 Å². The number of hydrogen-bond acceptors (Lipinski definition) is 14. The smallest absolute Gasteiger partial charge is 0.289 e. The minimum Gasteiger partial charge on any atom is -0.485 e. The van der Waals surface area contributed by atoms with Gasteiger partial charge in [-0.3, -0.25) is 9.59 Å². The number of aliphatic hydroxyl groups is 1. The predicted octanol–water partition coefficient (Wildman–Crippen LogP) is 5.73. The average Bonchev–Trinajstić information content (AvgIpc) is 3.18. The average molecular weight is 952 g/mol. The molecular formula is C38H53Cl2IN6O10. The molecule has 4 heterocycles. The third kappa shape index (κ3) is 17.4. The lowest BCUT2D eigenvalue weighted by molar-refractivity contribution is 0.0537. The normalized spacial score (nSPS) is 11.2. The van der Waals surface area contributed by atoms with Crippen LogP contribution in [-0.2, 0) is 38.5 Å². The first kappa shape index (κ1) is 49.6. The maximum Gasteiger partial charge on any atom is 0.289 e. The molecule has 0 radical (unpaired) electrons. The van der Waals surface area contributed by atoms with E-state index in [9.17, 15) is 9.59 Å². The zero-order valence-electron chi connectivity index (χ0n) is 33.6. The summed E-state index contributed by atoms with van der Waals surface area (Å²) in [6.07, 6.45) is 6.14. The van der Waals surface area contributed by atoms with Gasteiger partial charge in [0.15, 0.2) is 21.5 Å². The molecule has 0 saturated carbocycles. The molecule has 0 aliphatic heterocycles. The van der Waals surface area contributed by atoms with Crippen LogP contribution in [0.4, 0.5) is 0 Å². The Morgan fingerprint density at radius 2 is 1.02 bits per heavy atom. The van der Waals surface area contributed by atoms with Crippen molar-refractivity contribution >= 4 is 45.8 Å². The number of methoxy groups -OCH3 is 1. The van der Waals surface area contributed by atoms with Gasteiger partial charge in [0.2, 0.25) is 11.8 Å². The van der Waals surface area contributed by atoms with Crippen LogP contribution in [-0.4, -0.2) is 99.5 Å². The van der Waals surface area contributed by atoms with E-state index in [1.165, 1.54) is 21.8 Å². The molecule has 0 fully saturated rings. The number of pyridine rings is 2. The van der Waals surface area contributed by atoms with E-state index in [2.05, 4.69) is 42.8 Å². The third-order valence-corrected chi connectivity index (χ3v) is 7.75. The van der Waals surface area contributed by atoms with Crippen molar-refractivity contribution in [1.82, 2.24) is 29.5 Å². The fourth-order valence-corrected chi connectivity index (χ4v) is 4.67. The van der Waals surface area contributed by atoms with E-state index in [4.69, 9.17) is 61.5 Å². The van der Waals surface area contributed by atoms with Crippen LogP contribution in [0.3, 0.4) is 0 Å². The highest BCUT2D eigenvalue weighted by atomic mass is 127. The van der Waals surface area contributed by atoms with Crippen molar-refractivity contribution in [2.45, 2.75) is 65.8 Å². The first-order valence-electron chi connectivity index (χ1n) is 17.8. The van der Waals surface area contributed by atoms with Crippen molar-refractivity contribution in [3.8, 4) is 23.3 Å². The van der Waals surface area contributed by atoms with Crippen LogP contribution in [0.15, 0.2) is 58.6 Å². The summed E-state index contributed by atoms with van der Waals surface area (Å²) < 4.78 is 40.1. The van der Waals surface area contributed by atoms with Crippen molar-refractivity contribution in [3.63, 3.8) is 0 Å². The molecule has 0 atom stereocenters. The Balaban J connectivity index is 0.000000377. The second-order valence-corrected chi connectivity index (χ2v) is 14.4. The van der Waals surface area contributed by atoms with Gasteiger partial charge in [0.25, 0.3) is 11.1 Å². The summed E-state index contributed by atoms with van der Waals surface area (Å²) in [6.45, 7) is 14.5. The molecule has 4 rings (SSSR count). The summed E-state index contributed by atoms with van der Waals surface area (Å²) in [5.74, 6) is 1.41. The lowest BCUT2D eigenvalue weighted by Crippen LogP contribution is -2.36. The Morgan fingerprint density at radius 3 is 1.37 bits per heavy atom. The third-order valence-electron chi connectivity index (χ3n) is 7.05. The van der Waals surface area contributed by atoms with Gasteiger partial charge in [-0.15, -0.1) is 0 Å². The molecule has 0 bridgehead atoms. The highest BCUT2D eigenvalue weighted by Gasteiger charge is 2.21. The molecule has 16 nitrogen and oxygen atoms in total. The largest absolute Gasteiger partial charge is 0.485 e. The van der Waals surface area contributed by atoms with Gasteiger partial charge in [0, 0.05) is 42.8 Å². The van der Waals surface area contributed by atoms with Gasteiger partial charge in [-0.1, -0.05) is 45.8 Å². The number of ether oxygens (including phenoxy) is 7. The minimum atomic E-state index is -0.470. The number of hydrogen-bond donors (Lipinski definition) is 1. The maximum absolute atomic E-state index is 12.3. The first-order valence-corrected chi connectivity index (χ1v) is 20.7. The van der Waals surface area contributed by atoms with Crippen molar-refractivity contribution in [1.29, 1.82) is 0 Å². The van der Waals surface area contributed by atoms with Crippen LogP contribution >= 0.6 is 45.8 Å². The van der Waals surface area contributed by atoms with Crippen molar-refractivity contribution in [3.05, 3.63) is 90.9 Å². The van der Waals surface area contributed by atoms with Gasteiger partial charge in [-0.05, 0) is 58.6 Å². The lowest BCUT2D eigenvalue weighted by atomic mass is 10.1. The molecule has 0 saturated heterocycles. The highest BCUT2D eigenvalue weighted by molar-refractivity contribution is 14.1. The SMILES string of the molecule is CC(C)(C)n1ncc(OCc2ccc(OCCOCCO)nc2)c(Cl)c1=O.CI.COCCOCCOc1ccc(COc2cnn(C(C)(C)C)c(=O)c2Cl)cn1. The van der Waals surface area contributed by atoms with Gasteiger partial charge >= 0.3 is 0 Å². The number of rotatable bonds is 19. The second-order valence-electron chi connectivity index (χ2n) is 13.6. The summed E-state index contributed by atoms with van der Waals surface area (Å²) in [5, 5.41) is 16.9. The molecule has 4 aromatic heterocycles. The number of alkyl halides is 1. The molecule has 0 unspecified atom stereocenters. The van der Waals surface area contributed by atoms with Crippen LogP contribution in [0, 0.1) is 0 Å². The Kier molecular flexibility index (Phi) is 22.3. The summed E-state index contributed by atoms with van der Waals surface area (Å²) in [4.78, 5) is 35.0. The Morgan fingerprint density at radius 1 is 0.614 bits per heavy atom. The predicted molar refractivity (Wildman–Crippen MR) is 226 cm³/mol. The monoisotopic (exact) mass is 950 g/mol. The van der Waals surface area contributed by atoms with E-state index in [1.807, 2.05) is 52.5 Å². The molecule has 0 aromatic carbocycles. The van der Waals surface area contributed by atoms with Crippen LogP contribution in [0.2, 0.25) is 10.0 Å². The number of halogens is 3. The van der Waals surface area contributed by atoms with Crippen LogP contribution in [0.25, 0.3) is 0 Å². The van der Waals surface area contributed by atoms with E-state index in [-0.39, 0.29) is 53.5 Å². The van der Waals surface area contributed by atoms with Crippen LogP contribution in [0.5, 0.6) is 23.3 Å². The van der Waals surface area contributed by atoms with Crippen LogP contribution in [0.1, 0.15) is 52.7 Å². The second kappa shape index (κ2) is 25.7. The first-order chi connectivity index (χ1) is 27.1. The fourth-order valence-electron chi connectivity index (χ4n) is 4.30. The van der Waals surface area contributed by atoms with Gasteiger partial charge in [0.05, 0.1) is 63.1 Å². The van der Waals surface area contributed by atoms with E-state index in [1.54, 1.807) is 37.7 Å². The van der Waals surface area contributed by atoms with E-state index < -0.39 is 16.6 Å². The summed E-state index contributed by atoms with van der Waals surface area (Å²) in [7, 11) is 1.62. The van der Waals surface area contributed by atoms with Crippen molar-refractivity contribution < 1.29 is 38.3 Å². The number of nitrogens with zero attached hydrogens (tertiary/aromatic N) is 6. The molecule has 1 N–H and O–H groups in total. The van der Waals surface area contributed by atoms with Crippen molar-refractivity contribution in [2.24, 2.45) is 0 Å². The Hall–Kier alpha value is -3.59. The van der Waals surface area contributed by atoms with E-state index in [0.717, 1.165) is 11.1 Å². The molecule has 0 spiro atoms. The van der Waals surface area contributed by atoms with E-state index in [0.29, 0.717) is 51.4 Å². The topological polar surface area (TPSA) is 180 Å². The summed E-state index contributed by atoms with van der Waals surface area (Å²) >= 11 is 14.4. The van der Waals surface area contributed by atoms with Crippen molar-refractivity contribution in [2.75, 3.05) is 64.9 Å². The molecule has 316 valence electrons.